The van der Waals surface area contributed by atoms with Crippen LogP contribution in [-0.2, 0) is 13.0 Å². The molecule has 0 saturated carbocycles. The maximum absolute atomic E-state index is 6.15. The topological polar surface area (TPSA) is 37.8 Å². The lowest BCUT2D eigenvalue weighted by Gasteiger charge is -2.08. The molecule has 0 amide bonds. The average molecular weight is 276 g/mol. The third-order valence-electron chi connectivity index (χ3n) is 2.76. The molecule has 0 unspecified atom stereocenters. The zero-order valence-corrected chi connectivity index (χ0v) is 12.0. The van der Waals surface area contributed by atoms with Crippen molar-refractivity contribution in [3.63, 3.8) is 0 Å². The number of hydrogen-bond donors (Lipinski definition) is 1. The van der Waals surface area contributed by atoms with Crippen molar-refractivity contribution in [3.8, 4) is 0 Å². The molecule has 1 N–H and O–H groups in total. The molecule has 0 bridgehead atoms. The van der Waals surface area contributed by atoms with E-state index in [2.05, 4.69) is 29.1 Å². The first-order chi connectivity index (χ1) is 9.15. The predicted molar refractivity (Wildman–Crippen MR) is 78.3 cm³/mol. The fraction of sp³-hybridized carbons (Fsp3) is 0.333. The summed E-state index contributed by atoms with van der Waals surface area (Å²) < 4.78 is 0. The van der Waals surface area contributed by atoms with Crippen LogP contribution in [0.3, 0.4) is 0 Å². The summed E-state index contributed by atoms with van der Waals surface area (Å²) in [5.74, 6) is 0.802. The van der Waals surface area contributed by atoms with Gasteiger partial charge in [0.15, 0.2) is 0 Å². The molecule has 0 aliphatic heterocycles. The number of nitrogens with zero attached hydrogens (tertiary/aromatic N) is 2. The molecule has 2 aromatic rings. The summed E-state index contributed by atoms with van der Waals surface area (Å²) >= 11 is 6.15. The van der Waals surface area contributed by atoms with E-state index in [1.54, 1.807) is 6.20 Å². The van der Waals surface area contributed by atoms with Gasteiger partial charge in [-0.1, -0.05) is 43.6 Å². The third-order valence-corrected chi connectivity index (χ3v) is 3.13. The molecule has 0 aliphatic rings. The van der Waals surface area contributed by atoms with Crippen molar-refractivity contribution in [1.82, 2.24) is 15.3 Å². The highest BCUT2D eigenvalue weighted by molar-refractivity contribution is 6.31. The quantitative estimate of drug-likeness (QED) is 0.910. The summed E-state index contributed by atoms with van der Waals surface area (Å²) in [5, 5.41) is 4.11. The van der Waals surface area contributed by atoms with E-state index >= 15 is 0 Å². The lowest BCUT2D eigenvalue weighted by atomic mass is 10.1. The van der Waals surface area contributed by atoms with Crippen LogP contribution < -0.4 is 5.32 Å². The SMILES string of the molecule is CC(C)NCc1ccnc(Cc2ccccc2Cl)n1. The monoisotopic (exact) mass is 275 g/mol. The van der Waals surface area contributed by atoms with Crippen LogP contribution in [0.2, 0.25) is 5.02 Å². The molecular weight excluding hydrogens is 258 g/mol. The van der Waals surface area contributed by atoms with Crippen LogP contribution in [0.25, 0.3) is 0 Å². The Morgan fingerprint density at radius 2 is 2.00 bits per heavy atom. The van der Waals surface area contributed by atoms with Gasteiger partial charge in [-0.3, -0.25) is 0 Å². The second-order valence-corrected chi connectivity index (χ2v) is 5.18. The van der Waals surface area contributed by atoms with Gasteiger partial charge >= 0.3 is 0 Å². The van der Waals surface area contributed by atoms with E-state index in [-0.39, 0.29) is 0 Å². The second kappa shape index (κ2) is 6.64. The van der Waals surface area contributed by atoms with E-state index in [0.29, 0.717) is 12.5 Å². The van der Waals surface area contributed by atoms with Gasteiger partial charge in [0.1, 0.15) is 5.82 Å². The number of aromatic nitrogens is 2. The molecule has 4 heteroatoms. The van der Waals surface area contributed by atoms with Crippen molar-refractivity contribution < 1.29 is 0 Å². The Kier molecular flexibility index (Phi) is 4.88. The molecule has 0 spiro atoms. The first-order valence-corrected chi connectivity index (χ1v) is 6.80. The number of nitrogens with one attached hydrogen (secondary N) is 1. The van der Waals surface area contributed by atoms with Crippen LogP contribution in [0.1, 0.15) is 30.9 Å². The van der Waals surface area contributed by atoms with E-state index in [1.165, 1.54) is 0 Å². The number of benzene rings is 1. The highest BCUT2D eigenvalue weighted by Gasteiger charge is 2.04. The average Bonchev–Trinajstić information content (AvgIpc) is 2.40. The standard InChI is InChI=1S/C15H18ClN3/c1-11(2)18-10-13-7-8-17-15(19-13)9-12-5-3-4-6-14(12)16/h3-8,11,18H,9-10H2,1-2H3. The highest BCUT2D eigenvalue weighted by Crippen LogP contribution is 2.17. The van der Waals surface area contributed by atoms with Gasteiger partial charge in [-0.2, -0.15) is 0 Å². The van der Waals surface area contributed by atoms with Gasteiger partial charge in [0, 0.05) is 30.2 Å². The fourth-order valence-corrected chi connectivity index (χ4v) is 1.95. The van der Waals surface area contributed by atoms with Gasteiger partial charge in [-0.25, -0.2) is 9.97 Å². The van der Waals surface area contributed by atoms with Crippen LogP contribution in [0.5, 0.6) is 0 Å². The first-order valence-electron chi connectivity index (χ1n) is 6.42. The predicted octanol–water partition coefficient (Wildman–Crippen LogP) is 3.22. The molecule has 19 heavy (non-hydrogen) atoms. The Balaban J connectivity index is 2.09. The van der Waals surface area contributed by atoms with E-state index in [1.807, 2.05) is 30.3 Å². The van der Waals surface area contributed by atoms with Gasteiger partial charge in [0.25, 0.3) is 0 Å². The number of rotatable bonds is 5. The van der Waals surface area contributed by atoms with Gasteiger partial charge in [0.05, 0.1) is 5.69 Å². The molecular formula is C15H18ClN3. The van der Waals surface area contributed by atoms with Crippen LogP contribution in [0.15, 0.2) is 36.5 Å². The van der Waals surface area contributed by atoms with E-state index in [4.69, 9.17) is 11.6 Å². The van der Waals surface area contributed by atoms with Crippen molar-refractivity contribution in [2.75, 3.05) is 0 Å². The number of hydrogen-bond acceptors (Lipinski definition) is 3. The van der Waals surface area contributed by atoms with Crippen LogP contribution in [0.4, 0.5) is 0 Å². The molecule has 1 aromatic carbocycles. The molecule has 2 rings (SSSR count). The molecule has 0 atom stereocenters. The second-order valence-electron chi connectivity index (χ2n) is 4.77. The van der Waals surface area contributed by atoms with Crippen molar-refractivity contribution in [2.45, 2.75) is 32.9 Å². The zero-order chi connectivity index (χ0) is 13.7. The maximum Gasteiger partial charge on any atom is 0.133 e. The van der Waals surface area contributed by atoms with Crippen molar-refractivity contribution in [1.29, 1.82) is 0 Å². The third kappa shape index (κ3) is 4.30. The molecule has 0 aliphatic carbocycles. The van der Waals surface area contributed by atoms with Crippen LogP contribution in [-0.4, -0.2) is 16.0 Å². The van der Waals surface area contributed by atoms with Crippen LogP contribution >= 0.6 is 11.6 Å². The van der Waals surface area contributed by atoms with Crippen molar-refractivity contribution >= 4 is 11.6 Å². The summed E-state index contributed by atoms with van der Waals surface area (Å²) in [6, 6.07) is 10.2. The van der Waals surface area contributed by atoms with E-state index in [9.17, 15) is 0 Å². The Labute approximate surface area is 119 Å². The molecule has 0 fully saturated rings. The minimum Gasteiger partial charge on any atom is -0.309 e. The Hall–Kier alpha value is -1.45. The highest BCUT2D eigenvalue weighted by atomic mass is 35.5. The summed E-state index contributed by atoms with van der Waals surface area (Å²) in [5.41, 5.74) is 2.06. The fourth-order valence-electron chi connectivity index (χ4n) is 1.75. The van der Waals surface area contributed by atoms with Gasteiger partial charge < -0.3 is 5.32 Å². The minimum absolute atomic E-state index is 0.446. The summed E-state index contributed by atoms with van der Waals surface area (Å²) in [6.45, 7) is 4.99. The Bertz CT molecular complexity index is 540. The zero-order valence-electron chi connectivity index (χ0n) is 11.2. The largest absolute Gasteiger partial charge is 0.309 e. The van der Waals surface area contributed by atoms with E-state index in [0.717, 1.165) is 28.6 Å². The molecule has 1 aromatic heterocycles. The lowest BCUT2D eigenvalue weighted by Crippen LogP contribution is -2.22. The van der Waals surface area contributed by atoms with Crippen molar-refractivity contribution in [2.24, 2.45) is 0 Å². The van der Waals surface area contributed by atoms with Crippen molar-refractivity contribution in [3.05, 3.63) is 58.6 Å². The maximum atomic E-state index is 6.15. The number of halogens is 1. The normalized spacial score (nSPS) is 10.9. The molecule has 1 heterocycles. The molecule has 0 radical (unpaired) electrons. The smallest absolute Gasteiger partial charge is 0.133 e. The molecule has 3 nitrogen and oxygen atoms in total. The summed E-state index contributed by atoms with van der Waals surface area (Å²) in [4.78, 5) is 8.85. The summed E-state index contributed by atoms with van der Waals surface area (Å²) in [7, 11) is 0. The van der Waals surface area contributed by atoms with Crippen LogP contribution in [0, 0.1) is 0 Å². The Morgan fingerprint density at radius 1 is 1.21 bits per heavy atom. The van der Waals surface area contributed by atoms with Gasteiger partial charge in [-0.15, -0.1) is 0 Å². The first kappa shape index (κ1) is 14.0. The molecule has 100 valence electrons. The van der Waals surface area contributed by atoms with Gasteiger partial charge in [0.2, 0.25) is 0 Å². The Morgan fingerprint density at radius 3 is 2.74 bits per heavy atom. The van der Waals surface area contributed by atoms with E-state index < -0.39 is 0 Å². The minimum atomic E-state index is 0.446. The summed E-state index contributed by atoms with van der Waals surface area (Å²) in [6.07, 6.45) is 2.46. The lowest BCUT2D eigenvalue weighted by molar-refractivity contribution is 0.579. The molecule has 0 saturated heterocycles. The van der Waals surface area contributed by atoms with Gasteiger partial charge in [-0.05, 0) is 17.7 Å².